The average molecular weight is 319 g/mol. The monoisotopic (exact) mass is 318 g/mol. The fourth-order valence-electron chi connectivity index (χ4n) is 1.80. The van der Waals surface area contributed by atoms with Gasteiger partial charge in [-0.05, 0) is 22.0 Å². The highest BCUT2D eigenvalue weighted by Crippen LogP contribution is 2.29. The van der Waals surface area contributed by atoms with E-state index in [1.54, 1.807) is 0 Å². The quantitative estimate of drug-likeness (QED) is 0.784. The molecule has 0 radical (unpaired) electrons. The van der Waals surface area contributed by atoms with Crippen molar-refractivity contribution in [1.29, 1.82) is 0 Å². The number of carboxylic acids is 1. The van der Waals surface area contributed by atoms with Crippen molar-refractivity contribution in [2.45, 2.75) is 0 Å². The molecule has 0 fully saturated rings. The number of halogens is 1. The molecular weight excluding hydrogens is 312 g/mol. The van der Waals surface area contributed by atoms with Crippen LogP contribution < -0.4 is 0 Å². The van der Waals surface area contributed by atoms with E-state index in [9.17, 15) is 4.79 Å². The molecule has 3 aromatic rings. The third-order valence-corrected chi connectivity index (χ3v) is 3.25. The maximum Gasteiger partial charge on any atom is 0.355 e. The van der Waals surface area contributed by atoms with E-state index in [2.05, 4.69) is 25.9 Å². The number of rotatable bonds is 2. The number of nitrogens with zero attached hydrogens (tertiary/aromatic N) is 2. The zero-order valence-corrected chi connectivity index (χ0v) is 11.1. The van der Waals surface area contributed by atoms with Crippen molar-refractivity contribution in [1.82, 2.24) is 9.97 Å². The van der Waals surface area contributed by atoms with Crippen molar-refractivity contribution < 1.29 is 14.3 Å². The van der Waals surface area contributed by atoms with Gasteiger partial charge in [-0.1, -0.05) is 18.2 Å². The maximum absolute atomic E-state index is 11.1. The average Bonchev–Trinajstić information content (AvgIpc) is 2.83. The smallest absolute Gasteiger partial charge is 0.355 e. The summed E-state index contributed by atoms with van der Waals surface area (Å²) in [5.41, 5.74) is 1.31. The Hall–Kier alpha value is -2.21. The van der Waals surface area contributed by atoms with E-state index < -0.39 is 5.97 Å². The molecule has 0 unspecified atom stereocenters. The summed E-state index contributed by atoms with van der Waals surface area (Å²) < 4.78 is 5.74. The minimum absolute atomic E-state index is 0.0738. The van der Waals surface area contributed by atoms with Crippen molar-refractivity contribution in [3.05, 3.63) is 46.9 Å². The molecule has 3 rings (SSSR count). The van der Waals surface area contributed by atoms with Crippen LogP contribution in [0.2, 0.25) is 0 Å². The number of aromatic carboxylic acids is 1. The second-order valence-corrected chi connectivity index (χ2v) is 4.70. The second-order valence-electron chi connectivity index (χ2n) is 3.84. The zero-order valence-electron chi connectivity index (χ0n) is 9.50. The lowest BCUT2D eigenvalue weighted by Crippen LogP contribution is -2.04. The fraction of sp³-hybridized carbons (Fsp3) is 0. The summed E-state index contributed by atoms with van der Waals surface area (Å²) in [7, 11) is 0. The van der Waals surface area contributed by atoms with Crippen LogP contribution in [0.4, 0.5) is 0 Å². The highest BCUT2D eigenvalue weighted by atomic mass is 79.9. The summed E-state index contributed by atoms with van der Waals surface area (Å²) >= 11 is 3.11. The van der Waals surface area contributed by atoms with Gasteiger partial charge >= 0.3 is 5.97 Å². The Morgan fingerprint density at radius 2 is 2.11 bits per heavy atom. The first kappa shape index (κ1) is 11.9. The lowest BCUT2D eigenvalue weighted by Gasteiger charge is -2.01. The molecule has 5 nitrogen and oxygen atoms in total. The number of fused-ring (bicyclic) bond motifs is 1. The third-order valence-electron chi connectivity index (χ3n) is 2.67. The van der Waals surface area contributed by atoms with Gasteiger partial charge < -0.3 is 9.52 Å². The number of hydrogen-bond acceptors (Lipinski definition) is 4. The number of para-hydroxylation sites is 1. The van der Waals surface area contributed by atoms with E-state index in [0.29, 0.717) is 21.4 Å². The first-order chi connectivity index (χ1) is 9.16. The zero-order chi connectivity index (χ0) is 13.4. The van der Waals surface area contributed by atoms with E-state index in [4.69, 9.17) is 9.52 Å². The summed E-state index contributed by atoms with van der Waals surface area (Å²) in [4.78, 5) is 19.2. The number of hydrogen-bond donors (Lipinski definition) is 1. The Morgan fingerprint density at radius 1 is 1.32 bits per heavy atom. The summed E-state index contributed by atoms with van der Waals surface area (Å²) in [6.45, 7) is 0. The van der Waals surface area contributed by atoms with Crippen LogP contribution in [0.25, 0.3) is 22.4 Å². The van der Waals surface area contributed by atoms with Crippen LogP contribution in [-0.4, -0.2) is 21.0 Å². The van der Waals surface area contributed by atoms with Crippen LogP contribution in [0.1, 0.15) is 10.5 Å². The van der Waals surface area contributed by atoms with E-state index in [1.165, 1.54) is 12.5 Å². The first-order valence-corrected chi connectivity index (χ1v) is 6.18. The standard InChI is InChI=1S/C13H7BrN2O3/c14-9-5-15-12(16-11(9)13(17)18)8-6-19-10-4-2-1-3-7(8)10/h1-6H,(H,17,18). The van der Waals surface area contributed by atoms with Crippen molar-refractivity contribution >= 4 is 32.9 Å². The lowest BCUT2D eigenvalue weighted by atomic mass is 10.1. The molecule has 94 valence electrons. The molecule has 0 saturated heterocycles. The predicted octanol–water partition coefficient (Wildman–Crippen LogP) is 3.35. The van der Waals surface area contributed by atoms with Crippen LogP contribution >= 0.6 is 15.9 Å². The number of carboxylic acid groups (broad SMARTS) is 1. The van der Waals surface area contributed by atoms with Crippen LogP contribution in [0.15, 0.2) is 45.6 Å². The van der Waals surface area contributed by atoms with Gasteiger partial charge in [-0.2, -0.15) is 0 Å². The number of carbonyl (C=O) groups is 1. The van der Waals surface area contributed by atoms with Crippen molar-refractivity contribution in [2.24, 2.45) is 0 Å². The molecule has 1 N–H and O–H groups in total. The fourth-order valence-corrected chi connectivity index (χ4v) is 2.16. The Labute approximate surface area is 116 Å². The van der Waals surface area contributed by atoms with Crippen LogP contribution in [0.3, 0.4) is 0 Å². The summed E-state index contributed by atoms with van der Waals surface area (Å²) in [5.74, 6) is -0.783. The molecular formula is C13H7BrN2O3. The number of furan rings is 1. The molecule has 6 heteroatoms. The van der Waals surface area contributed by atoms with Crippen molar-refractivity contribution in [2.75, 3.05) is 0 Å². The third kappa shape index (κ3) is 2.00. The highest BCUT2D eigenvalue weighted by Gasteiger charge is 2.16. The maximum atomic E-state index is 11.1. The van der Waals surface area contributed by atoms with Crippen LogP contribution in [0, 0.1) is 0 Å². The Balaban J connectivity index is 2.22. The van der Waals surface area contributed by atoms with Crippen LogP contribution in [-0.2, 0) is 0 Å². The molecule has 0 aliphatic carbocycles. The minimum Gasteiger partial charge on any atom is -0.476 e. The molecule has 0 amide bonds. The van der Waals surface area contributed by atoms with Crippen molar-refractivity contribution in [3.8, 4) is 11.4 Å². The van der Waals surface area contributed by atoms with Gasteiger partial charge in [0.15, 0.2) is 11.5 Å². The molecule has 1 aromatic carbocycles. The Kier molecular flexibility index (Phi) is 2.79. The van der Waals surface area contributed by atoms with E-state index in [1.807, 2.05) is 24.3 Å². The molecule has 19 heavy (non-hydrogen) atoms. The first-order valence-electron chi connectivity index (χ1n) is 5.39. The summed E-state index contributed by atoms with van der Waals surface area (Å²) in [5, 5.41) is 9.91. The number of benzene rings is 1. The molecule has 0 spiro atoms. The van der Waals surface area contributed by atoms with Crippen LogP contribution in [0.5, 0.6) is 0 Å². The normalized spacial score (nSPS) is 10.8. The molecule has 2 heterocycles. The second kappa shape index (κ2) is 4.47. The summed E-state index contributed by atoms with van der Waals surface area (Å²) in [6.07, 6.45) is 2.95. The molecule has 0 bridgehead atoms. The Bertz CT molecular complexity index is 782. The van der Waals surface area contributed by atoms with E-state index >= 15 is 0 Å². The number of aromatic nitrogens is 2. The summed E-state index contributed by atoms with van der Waals surface area (Å²) in [6, 6.07) is 7.44. The van der Waals surface area contributed by atoms with Gasteiger partial charge in [-0.15, -0.1) is 0 Å². The van der Waals surface area contributed by atoms with Crippen molar-refractivity contribution in [3.63, 3.8) is 0 Å². The molecule has 0 aliphatic heterocycles. The Morgan fingerprint density at radius 3 is 2.89 bits per heavy atom. The van der Waals surface area contributed by atoms with E-state index in [0.717, 1.165) is 5.39 Å². The van der Waals surface area contributed by atoms with Gasteiger partial charge in [0.05, 0.1) is 10.0 Å². The van der Waals surface area contributed by atoms with E-state index in [-0.39, 0.29) is 5.69 Å². The van der Waals surface area contributed by atoms with Gasteiger partial charge in [0, 0.05) is 11.6 Å². The predicted molar refractivity (Wildman–Crippen MR) is 71.9 cm³/mol. The van der Waals surface area contributed by atoms with Gasteiger partial charge in [0.25, 0.3) is 0 Å². The highest BCUT2D eigenvalue weighted by molar-refractivity contribution is 9.10. The topological polar surface area (TPSA) is 76.2 Å². The van der Waals surface area contributed by atoms with Gasteiger partial charge in [-0.3, -0.25) is 0 Å². The lowest BCUT2D eigenvalue weighted by molar-refractivity contribution is 0.0689. The molecule has 0 saturated carbocycles. The van der Waals surface area contributed by atoms with Gasteiger partial charge in [-0.25, -0.2) is 14.8 Å². The molecule has 0 atom stereocenters. The van der Waals surface area contributed by atoms with Gasteiger partial charge in [0.2, 0.25) is 0 Å². The largest absolute Gasteiger partial charge is 0.476 e. The molecule has 0 aliphatic rings. The minimum atomic E-state index is -1.11. The SMILES string of the molecule is O=C(O)c1nc(-c2coc3ccccc23)ncc1Br. The molecule has 2 aromatic heterocycles. The van der Waals surface area contributed by atoms with Gasteiger partial charge in [0.1, 0.15) is 11.8 Å².